The van der Waals surface area contributed by atoms with Crippen LogP contribution in [0.25, 0.3) is 0 Å². The van der Waals surface area contributed by atoms with Crippen LogP contribution in [-0.4, -0.2) is 43.1 Å². The van der Waals surface area contributed by atoms with Crippen LogP contribution in [0.2, 0.25) is 5.02 Å². The zero-order chi connectivity index (χ0) is 21.3. The molecule has 1 aliphatic rings. The molecule has 6 nitrogen and oxygen atoms in total. The van der Waals surface area contributed by atoms with E-state index in [1.165, 1.54) is 6.42 Å². The lowest BCUT2D eigenvalue weighted by atomic mass is 9.94. The molecule has 1 aliphatic carbocycles. The Morgan fingerprint density at radius 1 is 1.10 bits per heavy atom. The lowest BCUT2D eigenvalue weighted by Crippen LogP contribution is -2.38. The van der Waals surface area contributed by atoms with E-state index in [2.05, 4.69) is 10.6 Å². The molecule has 0 radical (unpaired) electrons. The number of anilines is 1. The minimum Gasteiger partial charge on any atom is -0.492 e. The van der Waals surface area contributed by atoms with Gasteiger partial charge in [0.25, 0.3) is 5.91 Å². The first-order valence-electron chi connectivity index (χ1n) is 10.3. The highest BCUT2D eigenvalue weighted by Crippen LogP contribution is 2.26. The number of para-hydroxylation sites is 1. The Morgan fingerprint density at radius 3 is 2.53 bits per heavy atom. The number of urea groups is 1. The molecule has 1 fully saturated rings. The van der Waals surface area contributed by atoms with Gasteiger partial charge < -0.3 is 20.3 Å². The second-order valence-electron chi connectivity index (χ2n) is 7.44. The van der Waals surface area contributed by atoms with E-state index < -0.39 is 0 Å². The Hall–Kier alpha value is -2.73. The maximum Gasteiger partial charge on any atom is 0.319 e. The van der Waals surface area contributed by atoms with E-state index in [0.717, 1.165) is 31.4 Å². The van der Waals surface area contributed by atoms with E-state index in [4.69, 9.17) is 16.3 Å². The third kappa shape index (κ3) is 6.13. The molecular formula is C23H28ClN3O3. The van der Waals surface area contributed by atoms with E-state index in [1.807, 2.05) is 37.4 Å². The lowest BCUT2D eigenvalue weighted by Gasteiger charge is -2.31. The van der Waals surface area contributed by atoms with Gasteiger partial charge in [0.15, 0.2) is 0 Å². The van der Waals surface area contributed by atoms with Gasteiger partial charge in [0.05, 0.1) is 17.1 Å². The summed E-state index contributed by atoms with van der Waals surface area (Å²) < 4.78 is 5.53. The zero-order valence-corrected chi connectivity index (χ0v) is 18.0. The predicted octanol–water partition coefficient (Wildman–Crippen LogP) is 4.95. The van der Waals surface area contributed by atoms with Gasteiger partial charge in [-0.2, -0.15) is 0 Å². The highest BCUT2D eigenvalue weighted by molar-refractivity contribution is 6.34. The van der Waals surface area contributed by atoms with Gasteiger partial charge in [0.2, 0.25) is 0 Å². The molecule has 3 rings (SSSR count). The fourth-order valence-electron chi connectivity index (χ4n) is 3.62. The Balaban J connectivity index is 1.48. The summed E-state index contributed by atoms with van der Waals surface area (Å²) in [4.78, 5) is 26.7. The van der Waals surface area contributed by atoms with Crippen molar-refractivity contribution in [3.63, 3.8) is 0 Å². The standard InChI is InChI=1S/C23H28ClN3O3/c1-27(18-8-4-2-5-9-18)22(28)20-13-12-17(16-21(20)24)26-23(29)25-14-15-30-19-10-6-3-7-11-19/h3,6-7,10-13,16,18H,2,4-5,8-9,14-15H2,1H3,(H2,25,26,29). The number of amides is 3. The van der Waals surface area contributed by atoms with Crippen LogP contribution in [0.1, 0.15) is 42.5 Å². The van der Waals surface area contributed by atoms with Gasteiger partial charge in [0.1, 0.15) is 12.4 Å². The average molecular weight is 430 g/mol. The SMILES string of the molecule is CN(C(=O)c1ccc(NC(=O)NCCOc2ccccc2)cc1Cl)C1CCCCC1. The lowest BCUT2D eigenvalue weighted by molar-refractivity contribution is 0.0696. The molecule has 1 saturated carbocycles. The van der Waals surface area contributed by atoms with Crippen LogP contribution in [0.5, 0.6) is 5.75 Å². The first-order valence-corrected chi connectivity index (χ1v) is 10.7. The highest BCUT2D eigenvalue weighted by Gasteiger charge is 2.24. The number of halogens is 1. The molecule has 0 atom stereocenters. The number of nitrogens with one attached hydrogen (secondary N) is 2. The van der Waals surface area contributed by atoms with E-state index in [-0.39, 0.29) is 18.0 Å². The average Bonchev–Trinajstić information content (AvgIpc) is 2.77. The Bertz CT molecular complexity index is 854. The maximum absolute atomic E-state index is 12.8. The first kappa shape index (κ1) is 22.0. The van der Waals surface area contributed by atoms with Gasteiger partial charge in [-0.15, -0.1) is 0 Å². The van der Waals surface area contributed by atoms with E-state index in [0.29, 0.717) is 29.4 Å². The Morgan fingerprint density at radius 2 is 1.83 bits per heavy atom. The topological polar surface area (TPSA) is 70.7 Å². The summed E-state index contributed by atoms with van der Waals surface area (Å²) in [6.45, 7) is 0.719. The van der Waals surface area contributed by atoms with Gasteiger partial charge >= 0.3 is 6.03 Å². The normalized spacial score (nSPS) is 14.1. The minimum atomic E-state index is -0.360. The molecule has 0 spiro atoms. The number of hydrogen-bond acceptors (Lipinski definition) is 3. The van der Waals surface area contributed by atoms with Gasteiger partial charge in [-0.25, -0.2) is 4.79 Å². The molecule has 0 saturated heterocycles. The van der Waals surface area contributed by atoms with Gasteiger partial charge in [-0.1, -0.05) is 49.1 Å². The van der Waals surface area contributed by atoms with Crippen molar-refractivity contribution in [3.8, 4) is 5.75 Å². The molecule has 2 aromatic rings. The van der Waals surface area contributed by atoms with Crippen molar-refractivity contribution in [2.75, 3.05) is 25.5 Å². The third-order valence-electron chi connectivity index (χ3n) is 5.30. The van der Waals surface area contributed by atoms with Gasteiger partial charge in [-0.3, -0.25) is 4.79 Å². The van der Waals surface area contributed by atoms with Crippen LogP contribution < -0.4 is 15.4 Å². The second-order valence-corrected chi connectivity index (χ2v) is 7.85. The molecule has 3 amide bonds. The summed E-state index contributed by atoms with van der Waals surface area (Å²) in [6, 6.07) is 14.3. The van der Waals surface area contributed by atoms with Crippen molar-refractivity contribution in [1.82, 2.24) is 10.2 Å². The van der Waals surface area contributed by atoms with Crippen molar-refractivity contribution in [2.24, 2.45) is 0 Å². The number of ether oxygens (including phenoxy) is 1. The van der Waals surface area contributed by atoms with E-state index in [9.17, 15) is 9.59 Å². The number of carbonyl (C=O) groups is 2. The molecule has 0 unspecified atom stereocenters. The first-order chi connectivity index (χ1) is 14.5. The van der Waals surface area contributed by atoms with Crippen molar-refractivity contribution in [1.29, 1.82) is 0 Å². The smallest absolute Gasteiger partial charge is 0.319 e. The van der Waals surface area contributed by atoms with Crippen LogP contribution >= 0.6 is 11.6 Å². The fourth-order valence-corrected chi connectivity index (χ4v) is 3.88. The Kier molecular flexibility index (Phi) is 7.97. The quantitative estimate of drug-likeness (QED) is 0.612. The Labute approximate surface area is 182 Å². The summed E-state index contributed by atoms with van der Waals surface area (Å²) in [7, 11) is 1.84. The summed E-state index contributed by atoms with van der Waals surface area (Å²) >= 11 is 6.35. The molecule has 0 heterocycles. The van der Waals surface area contributed by atoms with Crippen LogP contribution in [0.15, 0.2) is 48.5 Å². The number of rotatable bonds is 7. The summed E-state index contributed by atoms with van der Waals surface area (Å²) in [5.74, 6) is 0.672. The molecule has 160 valence electrons. The largest absolute Gasteiger partial charge is 0.492 e. The van der Waals surface area contributed by atoms with Crippen LogP contribution in [0.4, 0.5) is 10.5 Å². The van der Waals surface area contributed by atoms with Crippen LogP contribution in [0.3, 0.4) is 0 Å². The minimum absolute atomic E-state index is 0.0824. The molecule has 0 bridgehead atoms. The van der Waals surface area contributed by atoms with Crippen molar-refractivity contribution in [3.05, 3.63) is 59.1 Å². The summed E-state index contributed by atoms with van der Waals surface area (Å²) in [5, 5.41) is 5.78. The van der Waals surface area contributed by atoms with Gasteiger partial charge in [-0.05, 0) is 43.2 Å². The molecule has 30 heavy (non-hydrogen) atoms. The summed E-state index contributed by atoms with van der Waals surface area (Å²) in [6.07, 6.45) is 5.62. The monoisotopic (exact) mass is 429 g/mol. The number of hydrogen-bond donors (Lipinski definition) is 2. The third-order valence-corrected chi connectivity index (χ3v) is 5.61. The summed E-state index contributed by atoms with van der Waals surface area (Å²) in [5.41, 5.74) is 0.977. The van der Waals surface area contributed by atoms with Crippen molar-refractivity contribution in [2.45, 2.75) is 38.1 Å². The molecule has 2 N–H and O–H groups in total. The zero-order valence-electron chi connectivity index (χ0n) is 17.2. The van der Waals surface area contributed by atoms with Crippen LogP contribution in [0, 0.1) is 0 Å². The fraction of sp³-hybridized carbons (Fsp3) is 0.391. The second kappa shape index (κ2) is 10.9. The number of nitrogens with zero attached hydrogens (tertiary/aromatic N) is 1. The predicted molar refractivity (Wildman–Crippen MR) is 119 cm³/mol. The molecule has 0 aliphatic heterocycles. The van der Waals surface area contributed by atoms with E-state index in [1.54, 1.807) is 23.1 Å². The number of carbonyl (C=O) groups excluding carboxylic acids is 2. The molecule has 2 aromatic carbocycles. The number of benzene rings is 2. The van der Waals surface area contributed by atoms with Gasteiger partial charge in [0, 0.05) is 18.8 Å². The van der Waals surface area contributed by atoms with Crippen molar-refractivity contribution >= 4 is 29.2 Å². The maximum atomic E-state index is 12.8. The molecular weight excluding hydrogens is 402 g/mol. The molecule has 0 aromatic heterocycles. The van der Waals surface area contributed by atoms with Crippen molar-refractivity contribution < 1.29 is 14.3 Å². The molecule has 7 heteroatoms. The highest BCUT2D eigenvalue weighted by atomic mass is 35.5. The van der Waals surface area contributed by atoms with E-state index >= 15 is 0 Å². The van der Waals surface area contributed by atoms with Crippen LogP contribution in [-0.2, 0) is 0 Å².